The minimum absolute atomic E-state index is 0.138. The van der Waals surface area contributed by atoms with Crippen LogP contribution < -0.4 is 20.6 Å². The Hall–Kier alpha value is -6.78. The largest absolute Gasteiger partial charge is 0.455 e. The van der Waals surface area contributed by atoms with Crippen molar-refractivity contribution in [2.75, 3.05) is 9.71 Å². The fraction of sp³-hybridized carbons (Fsp3) is 0.186. The van der Waals surface area contributed by atoms with Crippen molar-refractivity contribution in [3.8, 4) is 33.4 Å². The summed E-state index contributed by atoms with van der Waals surface area (Å²) in [6.45, 7) is 9.24. The van der Waals surface area contributed by atoms with Crippen LogP contribution in [0.4, 0.5) is 28.4 Å². The molecule has 8 aromatic carbocycles. The first-order chi connectivity index (χ1) is 31.0. The highest BCUT2D eigenvalue weighted by atomic mass is 16.3. The number of para-hydroxylation sites is 2. The summed E-state index contributed by atoms with van der Waals surface area (Å²) < 4.78 is 7.06. The maximum absolute atomic E-state index is 7.06. The monoisotopic (exact) mass is 814 g/mol. The highest BCUT2D eigenvalue weighted by molar-refractivity contribution is 6.94. The van der Waals surface area contributed by atoms with E-state index in [9.17, 15) is 0 Å². The molecule has 0 saturated carbocycles. The zero-order valence-corrected chi connectivity index (χ0v) is 36.7. The zero-order valence-electron chi connectivity index (χ0n) is 36.7. The van der Waals surface area contributed by atoms with E-state index in [0.717, 1.165) is 47.6 Å². The average Bonchev–Trinajstić information content (AvgIpc) is 3.82. The molecule has 0 radical (unpaired) electrons. The van der Waals surface area contributed by atoms with E-state index in [1.807, 2.05) is 0 Å². The minimum Gasteiger partial charge on any atom is -0.455 e. The van der Waals surface area contributed by atoms with Crippen molar-refractivity contribution in [2.45, 2.75) is 71.6 Å². The molecule has 3 aliphatic rings. The lowest BCUT2D eigenvalue weighted by molar-refractivity contribution is 0.660. The number of rotatable bonds is 9. The van der Waals surface area contributed by atoms with E-state index in [4.69, 9.17) is 4.42 Å². The Morgan fingerprint density at radius 2 is 1.24 bits per heavy atom. The fourth-order valence-corrected chi connectivity index (χ4v) is 11.3. The molecule has 3 nitrogen and oxygen atoms in total. The highest BCUT2D eigenvalue weighted by Crippen LogP contribution is 2.58. The number of unbranched alkanes of at least 4 members (excludes halogenated alkanes) is 2. The summed E-state index contributed by atoms with van der Waals surface area (Å²) in [7, 11) is 0. The molecule has 3 heterocycles. The molecule has 0 unspecified atom stereocenters. The van der Waals surface area contributed by atoms with Crippen molar-refractivity contribution in [2.24, 2.45) is 0 Å². The third-order valence-corrected chi connectivity index (χ3v) is 14.4. The van der Waals surface area contributed by atoms with Crippen LogP contribution >= 0.6 is 0 Å². The third kappa shape index (κ3) is 5.66. The van der Waals surface area contributed by atoms with Gasteiger partial charge in [0.2, 0.25) is 0 Å². The molecule has 9 aromatic rings. The summed E-state index contributed by atoms with van der Waals surface area (Å²) in [4.78, 5) is 5.31. The van der Waals surface area contributed by atoms with Gasteiger partial charge in [0.25, 0.3) is 0 Å². The highest BCUT2D eigenvalue weighted by Gasteiger charge is 2.49. The van der Waals surface area contributed by atoms with Crippen molar-refractivity contribution in [1.82, 2.24) is 0 Å². The normalized spacial score (nSPS) is 14.1. The molecule has 4 heteroatoms. The van der Waals surface area contributed by atoms with Crippen LogP contribution in [0.5, 0.6) is 0 Å². The molecule has 0 atom stereocenters. The van der Waals surface area contributed by atoms with E-state index in [2.05, 4.69) is 201 Å². The van der Waals surface area contributed by atoms with Gasteiger partial charge in [0.15, 0.2) is 0 Å². The molecular weight excluding hydrogens is 763 g/mol. The Morgan fingerprint density at radius 1 is 0.540 bits per heavy atom. The Balaban J connectivity index is 1.25. The van der Waals surface area contributed by atoms with Crippen LogP contribution in [0.25, 0.3) is 55.3 Å². The summed E-state index contributed by atoms with van der Waals surface area (Å²) in [6.07, 6.45) is 6.84. The number of benzene rings is 8. The van der Waals surface area contributed by atoms with Crippen molar-refractivity contribution < 1.29 is 4.42 Å². The van der Waals surface area contributed by atoms with Crippen LogP contribution in [0.3, 0.4) is 0 Å². The first kappa shape index (κ1) is 37.9. The van der Waals surface area contributed by atoms with Gasteiger partial charge >= 0.3 is 6.85 Å². The first-order valence-corrected chi connectivity index (χ1v) is 23.2. The minimum atomic E-state index is -0.178. The van der Waals surface area contributed by atoms with Crippen molar-refractivity contribution in [3.05, 3.63) is 186 Å². The van der Waals surface area contributed by atoms with Gasteiger partial charge in [-0.05, 0) is 112 Å². The number of hydrogen-bond acceptors (Lipinski definition) is 3. The van der Waals surface area contributed by atoms with Gasteiger partial charge in [0.05, 0.1) is 11.4 Å². The SMILES string of the molecule is CCCCc1ccc(N2B3c4ccc5c(c4N(c4ccc(CCCC)cc4-c4ccccc4)c4cc6c(oc7ccccc76)c(c43)-c3ccccc32)-c2ccccc2C5(C)C)cc1. The Labute approximate surface area is 371 Å². The molecule has 0 amide bonds. The van der Waals surface area contributed by atoms with E-state index in [1.165, 1.54) is 108 Å². The number of nitrogens with zero attached hydrogens (tertiary/aromatic N) is 2. The molecule has 12 rings (SSSR count). The van der Waals surface area contributed by atoms with E-state index >= 15 is 0 Å². The lowest BCUT2D eigenvalue weighted by Crippen LogP contribution is -2.61. The number of fused-ring (bicyclic) bond motifs is 12. The quantitative estimate of drug-likeness (QED) is 0.135. The predicted octanol–water partition coefficient (Wildman–Crippen LogP) is 15.0. The average molecular weight is 815 g/mol. The molecule has 0 spiro atoms. The second-order valence-electron chi connectivity index (χ2n) is 18.5. The lowest BCUT2D eigenvalue weighted by atomic mass is 9.43. The maximum atomic E-state index is 7.06. The summed E-state index contributed by atoms with van der Waals surface area (Å²) in [5.41, 5.74) is 23.3. The standard InChI is InChI=1S/C59H51BN2O/c1-5-7-18-38-28-31-41(32-29-38)62-51-26-16-13-24-44(51)55-56-52(37-46-42-22-14-17-27-53(42)63-58(46)55)61(50-35-30-39(19-8-6-2)36-45(50)40-20-10-9-11-21-40)57-49(60(56)62)34-33-48-54(57)43-23-12-15-25-47(43)59(48,3)4/h9-17,20-37H,5-8,18-19H2,1-4H3. The molecule has 0 bridgehead atoms. The number of anilines is 5. The molecular formula is C59H51BN2O. The molecule has 0 fully saturated rings. The van der Waals surface area contributed by atoms with Crippen LogP contribution in [0.15, 0.2) is 168 Å². The Morgan fingerprint density at radius 3 is 2.05 bits per heavy atom. The molecule has 1 aromatic heterocycles. The van der Waals surface area contributed by atoms with Crippen molar-refractivity contribution >= 4 is 68.1 Å². The zero-order chi connectivity index (χ0) is 42.4. The summed E-state index contributed by atoms with van der Waals surface area (Å²) in [6, 6.07) is 62.0. The van der Waals surface area contributed by atoms with Crippen LogP contribution in [-0.2, 0) is 18.3 Å². The molecule has 0 saturated heterocycles. The van der Waals surface area contributed by atoms with Crippen LogP contribution in [0.2, 0.25) is 0 Å². The molecule has 2 aliphatic heterocycles. The first-order valence-electron chi connectivity index (χ1n) is 23.2. The summed E-state index contributed by atoms with van der Waals surface area (Å²) in [5.74, 6) is 0. The van der Waals surface area contributed by atoms with Crippen LogP contribution in [0, 0.1) is 0 Å². The van der Waals surface area contributed by atoms with E-state index < -0.39 is 0 Å². The summed E-state index contributed by atoms with van der Waals surface area (Å²) >= 11 is 0. The number of aryl methyl sites for hydroxylation is 2. The fourth-order valence-electron chi connectivity index (χ4n) is 11.3. The van der Waals surface area contributed by atoms with Crippen molar-refractivity contribution in [3.63, 3.8) is 0 Å². The van der Waals surface area contributed by atoms with Crippen LogP contribution in [-0.4, -0.2) is 6.85 Å². The smallest absolute Gasteiger partial charge is 0.333 e. The van der Waals surface area contributed by atoms with Gasteiger partial charge in [0, 0.05) is 55.5 Å². The molecule has 0 N–H and O–H groups in total. The van der Waals surface area contributed by atoms with Gasteiger partial charge in [-0.1, -0.05) is 162 Å². The van der Waals surface area contributed by atoms with E-state index in [1.54, 1.807) is 0 Å². The lowest BCUT2D eigenvalue weighted by Gasteiger charge is -2.46. The Bertz CT molecular complexity index is 3250. The van der Waals surface area contributed by atoms with E-state index in [0.29, 0.717) is 0 Å². The molecule has 1 aliphatic carbocycles. The predicted molar refractivity (Wildman–Crippen MR) is 268 cm³/mol. The van der Waals surface area contributed by atoms with Gasteiger partial charge < -0.3 is 14.1 Å². The second-order valence-corrected chi connectivity index (χ2v) is 18.5. The van der Waals surface area contributed by atoms with Gasteiger partial charge in [-0.15, -0.1) is 0 Å². The van der Waals surface area contributed by atoms with Gasteiger partial charge in [-0.25, -0.2) is 0 Å². The number of hydrogen-bond donors (Lipinski definition) is 0. The Kier molecular flexibility index (Phi) is 8.83. The topological polar surface area (TPSA) is 19.6 Å². The third-order valence-electron chi connectivity index (χ3n) is 14.4. The number of furan rings is 1. The van der Waals surface area contributed by atoms with Gasteiger partial charge in [-0.2, -0.15) is 0 Å². The molecule has 306 valence electrons. The van der Waals surface area contributed by atoms with Crippen molar-refractivity contribution in [1.29, 1.82) is 0 Å². The van der Waals surface area contributed by atoms with Crippen LogP contribution in [0.1, 0.15) is 75.6 Å². The maximum Gasteiger partial charge on any atom is 0.333 e. The molecule has 63 heavy (non-hydrogen) atoms. The van der Waals surface area contributed by atoms with Gasteiger partial charge in [-0.3, -0.25) is 0 Å². The second kappa shape index (κ2) is 14.7. The van der Waals surface area contributed by atoms with E-state index in [-0.39, 0.29) is 12.3 Å². The summed E-state index contributed by atoms with van der Waals surface area (Å²) in [5, 5.41) is 2.28. The van der Waals surface area contributed by atoms with Gasteiger partial charge in [0.1, 0.15) is 11.2 Å².